The van der Waals surface area contributed by atoms with Gasteiger partial charge in [-0.2, -0.15) is 0 Å². The minimum absolute atomic E-state index is 0. The van der Waals surface area contributed by atoms with Gasteiger partial charge in [-0.1, -0.05) is 0 Å². The molecule has 0 atom stereocenters. The quantitative estimate of drug-likeness (QED) is 0.455. The molecule has 5 heteroatoms. The Kier molecular flexibility index (Phi) is 4.21. The molecule has 1 aliphatic carbocycles. The van der Waals surface area contributed by atoms with Gasteiger partial charge in [0.2, 0.25) is 0 Å². The van der Waals surface area contributed by atoms with Crippen LogP contribution in [0.15, 0.2) is 0 Å². The Bertz CT molecular complexity index is 169. The summed E-state index contributed by atoms with van der Waals surface area (Å²) in [6.07, 6.45) is 1.26. The molecule has 0 aromatic rings. The number of carboxylic acids is 2. The van der Waals surface area contributed by atoms with E-state index in [1.807, 2.05) is 0 Å². The summed E-state index contributed by atoms with van der Waals surface area (Å²) >= 11 is 0. The molecule has 0 spiro atoms. The second kappa shape index (κ2) is 4.00. The molecule has 1 aliphatic rings. The van der Waals surface area contributed by atoms with Gasteiger partial charge in [-0.3, -0.25) is 9.59 Å². The molecule has 0 saturated heterocycles. The number of rotatable bonds is 2. The first-order valence-electron chi connectivity index (χ1n) is 3.06. The molecule has 2 N–H and O–H groups in total. The van der Waals surface area contributed by atoms with Crippen molar-refractivity contribution in [3.63, 3.8) is 0 Å². The van der Waals surface area contributed by atoms with Crippen molar-refractivity contribution in [3.8, 4) is 0 Å². The molecule has 0 aliphatic heterocycles. The van der Waals surface area contributed by atoms with Crippen molar-refractivity contribution < 1.29 is 19.8 Å². The maximum absolute atomic E-state index is 10.4. The van der Waals surface area contributed by atoms with E-state index in [2.05, 4.69) is 0 Å². The van der Waals surface area contributed by atoms with Crippen LogP contribution in [0.3, 0.4) is 0 Å². The van der Waals surface area contributed by atoms with Gasteiger partial charge in [0.05, 0.1) is 0 Å². The third kappa shape index (κ3) is 1.84. The summed E-state index contributed by atoms with van der Waals surface area (Å²) in [5.74, 6) is -2.41. The first-order chi connectivity index (χ1) is 4.59. The van der Waals surface area contributed by atoms with Crippen molar-refractivity contribution >= 4 is 63.3 Å². The van der Waals surface area contributed by atoms with Gasteiger partial charge in [-0.25, -0.2) is 0 Å². The van der Waals surface area contributed by atoms with E-state index in [1.54, 1.807) is 0 Å². The van der Waals surface area contributed by atoms with E-state index < -0.39 is 17.4 Å². The van der Waals surface area contributed by atoms with E-state index in [0.29, 0.717) is 6.42 Å². The van der Waals surface area contributed by atoms with Gasteiger partial charge in [-0.15, -0.1) is 0 Å². The fourth-order valence-electron chi connectivity index (χ4n) is 1.05. The Morgan fingerprint density at radius 2 is 1.45 bits per heavy atom. The van der Waals surface area contributed by atoms with Crippen LogP contribution in [0.5, 0.6) is 0 Å². The number of hydrogen-bond acceptors (Lipinski definition) is 2. The zero-order valence-corrected chi connectivity index (χ0v) is 5.33. The van der Waals surface area contributed by atoms with Gasteiger partial charge >= 0.3 is 63.3 Å². The summed E-state index contributed by atoms with van der Waals surface area (Å²) in [6.45, 7) is 0. The molecule has 58 valence electrons. The van der Waals surface area contributed by atoms with E-state index in [0.717, 1.165) is 0 Å². The first-order valence-corrected chi connectivity index (χ1v) is 3.06. The van der Waals surface area contributed by atoms with E-state index in [4.69, 9.17) is 10.2 Å². The Morgan fingerprint density at radius 1 is 1.09 bits per heavy atom. The molecule has 0 bridgehead atoms. The van der Waals surface area contributed by atoms with E-state index in [9.17, 15) is 9.59 Å². The maximum atomic E-state index is 10.4. The second-order valence-electron chi connectivity index (χ2n) is 2.55. The fourth-order valence-corrected chi connectivity index (χ4v) is 1.05. The van der Waals surface area contributed by atoms with Crippen molar-refractivity contribution in [2.45, 2.75) is 19.3 Å². The summed E-state index contributed by atoms with van der Waals surface area (Å²) < 4.78 is 0. The van der Waals surface area contributed by atoms with Crippen molar-refractivity contribution in [3.05, 3.63) is 0 Å². The van der Waals surface area contributed by atoms with Gasteiger partial charge in [0.1, 0.15) is 0 Å². The summed E-state index contributed by atoms with van der Waals surface area (Å²) in [5.41, 5.74) is -1.44. The SMILES string of the molecule is O=C(O)C1(C(=O)O)CCC1.[KH]. The van der Waals surface area contributed by atoms with Gasteiger partial charge in [0, 0.05) is 0 Å². The van der Waals surface area contributed by atoms with Crippen molar-refractivity contribution in [1.29, 1.82) is 0 Å². The Hall–Kier alpha value is 0.576. The van der Waals surface area contributed by atoms with Gasteiger partial charge in [0.25, 0.3) is 0 Å². The van der Waals surface area contributed by atoms with Crippen molar-refractivity contribution in [2.75, 3.05) is 0 Å². The molecule has 1 fully saturated rings. The van der Waals surface area contributed by atoms with Crippen LogP contribution in [-0.2, 0) is 9.59 Å². The number of hydrogen-bond donors (Lipinski definition) is 2. The third-order valence-electron chi connectivity index (χ3n) is 2.03. The summed E-state index contributed by atoms with van der Waals surface area (Å²) in [6, 6.07) is 0. The topological polar surface area (TPSA) is 74.6 Å². The minimum atomic E-state index is -1.44. The van der Waals surface area contributed by atoms with Crippen LogP contribution in [-0.4, -0.2) is 73.5 Å². The Balaban J connectivity index is 0.000001000. The third-order valence-corrected chi connectivity index (χ3v) is 2.03. The molecule has 1 saturated carbocycles. The van der Waals surface area contributed by atoms with Gasteiger partial charge in [-0.05, 0) is 19.3 Å². The normalized spacial score (nSPS) is 19.3. The molecule has 0 amide bonds. The first kappa shape index (κ1) is 11.6. The molecule has 0 unspecified atom stereocenters. The molecule has 0 heterocycles. The monoisotopic (exact) mass is 184 g/mol. The zero-order chi connectivity index (χ0) is 7.78. The number of aliphatic carboxylic acids is 2. The predicted octanol–water partition coefficient (Wildman–Crippen LogP) is -0.323. The van der Waals surface area contributed by atoms with Crippen molar-refractivity contribution in [2.24, 2.45) is 5.41 Å². The molecular weight excluding hydrogens is 175 g/mol. The van der Waals surface area contributed by atoms with E-state index >= 15 is 0 Å². The second-order valence-corrected chi connectivity index (χ2v) is 2.55. The molecule has 0 radical (unpaired) electrons. The predicted molar refractivity (Wildman–Crippen MR) is 38.7 cm³/mol. The number of carbonyl (C=O) groups is 2. The standard InChI is InChI=1S/C6H8O4.K.H/c7-4(8)6(5(9)10)2-1-3-6;;/h1-3H2,(H,7,8)(H,9,10);;. The molecule has 1 rings (SSSR count). The summed E-state index contributed by atoms with van der Waals surface area (Å²) in [7, 11) is 0. The molecule has 4 nitrogen and oxygen atoms in total. The van der Waals surface area contributed by atoms with Gasteiger partial charge < -0.3 is 10.2 Å². The Morgan fingerprint density at radius 3 is 1.45 bits per heavy atom. The van der Waals surface area contributed by atoms with E-state index in [-0.39, 0.29) is 64.2 Å². The molecular formula is C6H9KO4. The van der Waals surface area contributed by atoms with Crippen LogP contribution in [0.2, 0.25) is 0 Å². The van der Waals surface area contributed by atoms with Gasteiger partial charge in [0.15, 0.2) is 5.41 Å². The Labute approximate surface area is 106 Å². The zero-order valence-electron chi connectivity index (χ0n) is 5.33. The molecule has 0 aromatic carbocycles. The van der Waals surface area contributed by atoms with Crippen molar-refractivity contribution in [1.82, 2.24) is 0 Å². The average Bonchev–Trinajstić information content (AvgIpc) is 1.57. The van der Waals surface area contributed by atoms with Crippen LogP contribution in [0.25, 0.3) is 0 Å². The molecule has 11 heavy (non-hydrogen) atoms. The van der Waals surface area contributed by atoms with Crippen LogP contribution in [0.4, 0.5) is 0 Å². The van der Waals surface area contributed by atoms with Crippen LogP contribution in [0.1, 0.15) is 19.3 Å². The van der Waals surface area contributed by atoms with E-state index in [1.165, 1.54) is 0 Å². The van der Waals surface area contributed by atoms with Crippen LogP contribution >= 0.6 is 0 Å². The molecule has 0 aromatic heterocycles. The summed E-state index contributed by atoms with van der Waals surface area (Å²) in [4.78, 5) is 20.7. The average molecular weight is 184 g/mol. The number of carboxylic acid groups (broad SMARTS) is 2. The van der Waals surface area contributed by atoms with Crippen LogP contribution in [0, 0.1) is 5.41 Å². The van der Waals surface area contributed by atoms with Crippen LogP contribution < -0.4 is 0 Å². The fraction of sp³-hybridized carbons (Fsp3) is 0.667. The summed E-state index contributed by atoms with van der Waals surface area (Å²) in [5, 5.41) is 16.9.